The largest absolute Gasteiger partial charge is 0.446 e. The van der Waals surface area contributed by atoms with E-state index >= 15 is 0 Å². The van der Waals surface area contributed by atoms with Gasteiger partial charge in [0.25, 0.3) is 5.91 Å². The Morgan fingerprint density at radius 3 is 2.20 bits per heavy atom. The molecule has 0 atom stereocenters. The summed E-state index contributed by atoms with van der Waals surface area (Å²) in [6, 6.07) is 5.24. The quantitative estimate of drug-likeness (QED) is 0.798. The molecular weight excluding hydrogens is 227 g/mol. The van der Waals surface area contributed by atoms with Gasteiger partial charge in [-0.05, 0) is 36.0 Å². The summed E-state index contributed by atoms with van der Waals surface area (Å²) < 4.78 is 35.9. The van der Waals surface area contributed by atoms with Crippen molar-refractivity contribution in [1.82, 2.24) is 5.32 Å². The third-order valence-electron chi connectivity index (χ3n) is 1.58. The molecule has 0 bridgehead atoms. The average molecular weight is 235 g/mol. The van der Waals surface area contributed by atoms with Gasteiger partial charge in [0, 0.05) is 17.5 Å². The van der Waals surface area contributed by atoms with Gasteiger partial charge in [0.15, 0.2) is 0 Å². The van der Waals surface area contributed by atoms with Crippen molar-refractivity contribution in [3.8, 4) is 0 Å². The SMILES string of the molecule is CNC(=O)c1ccc(SC(F)(F)F)cc1. The summed E-state index contributed by atoms with van der Waals surface area (Å²) in [4.78, 5) is 11.1. The molecule has 1 N–H and O–H groups in total. The maximum atomic E-state index is 12.0. The molecule has 2 nitrogen and oxygen atoms in total. The average Bonchev–Trinajstić information content (AvgIpc) is 2.15. The molecule has 1 aromatic rings. The van der Waals surface area contributed by atoms with Gasteiger partial charge in [0.05, 0.1) is 0 Å². The van der Waals surface area contributed by atoms with Crippen LogP contribution in [0.5, 0.6) is 0 Å². The van der Waals surface area contributed by atoms with Crippen molar-refractivity contribution in [3.63, 3.8) is 0 Å². The molecule has 15 heavy (non-hydrogen) atoms. The van der Waals surface area contributed by atoms with E-state index in [2.05, 4.69) is 5.32 Å². The van der Waals surface area contributed by atoms with Gasteiger partial charge >= 0.3 is 5.51 Å². The number of thioether (sulfide) groups is 1. The Bertz CT molecular complexity index is 347. The Hall–Kier alpha value is -1.17. The first kappa shape index (κ1) is 11.9. The lowest BCUT2D eigenvalue weighted by Crippen LogP contribution is -2.17. The van der Waals surface area contributed by atoms with E-state index in [4.69, 9.17) is 0 Å². The number of halogens is 3. The number of hydrogen-bond donors (Lipinski definition) is 1. The fraction of sp³-hybridized carbons (Fsp3) is 0.222. The molecule has 0 aliphatic rings. The molecule has 82 valence electrons. The van der Waals surface area contributed by atoms with Crippen molar-refractivity contribution in [2.45, 2.75) is 10.4 Å². The van der Waals surface area contributed by atoms with Crippen LogP contribution in [0.25, 0.3) is 0 Å². The molecule has 0 fully saturated rings. The number of carbonyl (C=O) groups is 1. The highest BCUT2D eigenvalue weighted by Crippen LogP contribution is 2.36. The first-order valence-corrected chi connectivity index (χ1v) is 4.82. The van der Waals surface area contributed by atoms with Crippen molar-refractivity contribution in [2.75, 3.05) is 7.05 Å². The summed E-state index contributed by atoms with van der Waals surface area (Å²) in [6.45, 7) is 0. The van der Waals surface area contributed by atoms with Crippen LogP contribution >= 0.6 is 11.8 Å². The van der Waals surface area contributed by atoms with Gasteiger partial charge in [-0.2, -0.15) is 13.2 Å². The van der Waals surface area contributed by atoms with Crippen LogP contribution in [0.3, 0.4) is 0 Å². The van der Waals surface area contributed by atoms with Gasteiger partial charge in [-0.3, -0.25) is 4.79 Å². The number of carbonyl (C=O) groups excluding carboxylic acids is 1. The van der Waals surface area contributed by atoms with E-state index in [-0.39, 0.29) is 22.6 Å². The summed E-state index contributed by atoms with van der Waals surface area (Å²) in [5.41, 5.74) is -3.96. The van der Waals surface area contributed by atoms with Crippen LogP contribution < -0.4 is 5.32 Å². The zero-order valence-corrected chi connectivity index (χ0v) is 8.58. The molecule has 1 amide bonds. The molecule has 0 spiro atoms. The highest BCUT2D eigenvalue weighted by molar-refractivity contribution is 8.00. The number of hydrogen-bond acceptors (Lipinski definition) is 2. The second kappa shape index (κ2) is 4.57. The first-order chi connectivity index (χ1) is 6.92. The second-order valence-electron chi connectivity index (χ2n) is 2.65. The van der Waals surface area contributed by atoms with E-state index in [1.807, 2.05) is 0 Å². The number of nitrogens with one attached hydrogen (secondary N) is 1. The second-order valence-corrected chi connectivity index (χ2v) is 3.79. The number of benzene rings is 1. The molecule has 0 aliphatic carbocycles. The minimum atomic E-state index is -4.30. The number of amides is 1. The zero-order valence-electron chi connectivity index (χ0n) is 7.76. The molecule has 0 radical (unpaired) electrons. The summed E-state index contributed by atoms with van der Waals surface area (Å²) in [5, 5.41) is 2.38. The minimum Gasteiger partial charge on any atom is -0.355 e. The standard InChI is InChI=1S/C9H8F3NOS/c1-13-8(14)6-2-4-7(5-3-6)15-9(10,11)12/h2-5H,1H3,(H,13,14). The molecule has 1 rings (SSSR count). The molecule has 1 aromatic carbocycles. The normalized spacial score (nSPS) is 11.2. The molecule has 0 aliphatic heterocycles. The van der Waals surface area contributed by atoms with E-state index in [9.17, 15) is 18.0 Å². The lowest BCUT2D eigenvalue weighted by atomic mass is 10.2. The van der Waals surface area contributed by atoms with E-state index in [1.165, 1.54) is 31.3 Å². The van der Waals surface area contributed by atoms with Gasteiger partial charge in [0.2, 0.25) is 0 Å². The molecule has 0 saturated carbocycles. The zero-order chi connectivity index (χ0) is 11.5. The maximum Gasteiger partial charge on any atom is 0.446 e. The molecular formula is C9H8F3NOS. The van der Waals surface area contributed by atoms with E-state index in [0.29, 0.717) is 5.56 Å². The Kier molecular flexibility index (Phi) is 3.62. The van der Waals surface area contributed by atoms with Crippen molar-refractivity contribution in [2.24, 2.45) is 0 Å². The molecule has 0 unspecified atom stereocenters. The predicted molar refractivity (Wildman–Crippen MR) is 51.7 cm³/mol. The third-order valence-corrected chi connectivity index (χ3v) is 2.32. The van der Waals surface area contributed by atoms with Crippen LogP contribution in [0, 0.1) is 0 Å². The Morgan fingerprint density at radius 2 is 1.80 bits per heavy atom. The van der Waals surface area contributed by atoms with Crippen LogP contribution in [0.4, 0.5) is 13.2 Å². The smallest absolute Gasteiger partial charge is 0.355 e. The molecule has 6 heteroatoms. The van der Waals surface area contributed by atoms with Gasteiger partial charge in [0.1, 0.15) is 0 Å². The number of rotatable bonds is 2. The Balaban J connectivity index is 2.77. The summed E-state index contributed by atoms with van der Waals surface area (Å²) >= 11 is -0.203. The van der Waals surface area contributed by atoms with Crippen LogP contribution in [0.1, 0.15) is 10.4 Å². The van der Waals surface area contributed by atoms with Crippen molar-refractivity contribution < 1.29 is 18.0 Å². The minimum absolute atomic E-state index is 0.0650. The molecule has 0 aromatic heterocycles. The highest BCUT2D eigenvalue weighted by Gasteiger charge is 2.29. The highest BCUT2D eigenvalue weighted by atomic mass is 32.2. The third kappa shape index (κ3) is 3.83. The Labute approximate surface area is 88.9 Å². The lowest BCUT2D eigenvalue weighted by Gasteiger charge is -2.05. The van der Waals surface area contributed by atoms with Crippen LogP contribution in [0.15, 0.2) is 29.2 Å². The molecule has 0 saturated heterocycles. The topological polar surface area (TPSA) is 29.1 Å². The van der Waals surface area contributed by atoms with Crippen LogP contribution in [0.2, 0.25) is 0 Å². The first-order valence-electron chi connectivity index (χ1n) is 4.00. The van der Waals surface area contributed by atoms with E-state index in [0.717, 1.165) is 0 Å². The molecule has 0 heterocycles. The fourth-order valence-electron chi connectivity index (χ4n) is 0.952. The van der Waals surface area contributed by atoms with Crippen molar-refractivity contribution in [3.05, 3.63) is 29.8 Å². The van der Waals surface area contributed by atoms with E-state index in [1.54, 1.807) is 0 Å². The van der Waals surface area contributed by atoms with Gasteiger partial charge < -0.3 is 5.32 Å². The van der Waals surface area contributed by atoms with Gasteiger partial charge in [-0.15, -0.1) is 0 Å². The summed E-state index contributed by atoms with van der Waals surface area (Å²) in [6.07, 6.45) is 0. The summed E-state index contributed by atoms with van der Waals surface area (Å²) in [5.74, 6) is -0.321. The van der Waals surface area contributed by atoms with Crippen LogP contribution in [-0.2, 0) is 0 Å². The van der Waals surface area contributed by atoms with Gasteiger partial charge in [-0.25, -0.2) is 0 Å². The van der Waals surface area contributed by atoms with Crippen LogP contribution in [-0.4, -0.2) is 18.5 Å². The predicted octanol–water partition coefficient (Wildman–Crippen LogP) is 2.66. The lowest BCUT2D eigenvalue weighted by molar-refractivity contribution is -0.0328. The van der Waals surface area contributed by atoms with Crippen molar-refractivity contribution >= 4 is 17.7 Å². The van der Waals surface area contributed by atoms with E-state index < -0.39 is 5.51 Å². The fourth-order valence-corrected chi connectivity index (χ4v) is 1.49. The summed E-state index contributed by atoms with van der Waals surface area (Å²) in [7, 11) is 1.46. The van der Waals surface area contributed by atoms with Crippen molar-refractivity contribution in [1.29, 1.82) is 0 Å². The Morgan fingerprint density at radius 1 is 1.27 bits per heavy atom. The number of alkyl halides is 3. The maximum absolute atomic E-state index is 12.0. The van der Waals surface area contributed by atoms with Gasteiger partial charge in [-0.1, -0.05) is 0 Å². The monoisotopic (exact) mass is 235 g/mol.